The minimum atomic E-state index is 0. The van der Waals surface area contributed by atoms with Crippen molar-refractivity contribution in [3.8, 4) is 5.75 Å². The van der Waals surface area contributed by atoms with Gasteiger partial charge in [-0.1, -0.05) is 31.4 Å². The summed E-state index contributed by atoms with van der Waals surface area (Å²) < 4.78 is 10.9. The summed E-state index contributed by atoms with van der Waals surface area (Å²) in [6, 6.07) is 8.24. The lowest BCUT2D eigenvalue weighted by Crippen LogP contribution is -2.60. The molecule has 1 saturated carbocycles. The molecule has 2 aliphatic rings. The molecule has 2 fully saturated rings. The topological polar surface area (TPSA) is 49.3 Å². The number of halogens is 1. The van der Waals surface area contributed by atoms with Gasteiger partial charge in [-0.25, -0.2) is 0 Å². The van der Waals surface area contributed by atoms with E-state index in [1.165, 1.54) is 37.7 Å². The SMILES string of the molecule is CN=C(NCC1(N2CCOCC2)CCCCC1)N(C)Cc1ccc(OC)cc1.I. The van der Waals surface area contributed by atoms with Gasteiger partial charge in [-0.05, 0) is 30.5 Å². The summed E-state index contributed by atoms with van der Waals surface area (Å²) in [5.41, 5.74) is 1.48. The number of rotatable bonds is 6. The van der Waals surface area contributed by atoms with Gasteiger partial charge in [-0.2, -0.15) is 0 Å². The van der Waals surface area contributed by atoms with Crippen molar-refractivity contribution in [3.63, 3.8) is 0 Å². The Morgan fingerprint density at radius 3 is 2.41 bits per heavy atom. The average molecular weight is 516 g/mol. The summed E-state index contributed by atoms with van der Waals surface area (Å²) in [5.74, 6) is 1.84. The zero-order valence-corrected chi connectivity index (χ0v) is 20.5. The number of guanidine groups is 1. The van der Waals surface area contributed by atoms with Gasteiger partial charge in [0.05, 0.1) is 20.3 Å². The molecule has 0 spiro atoms. The lowest BCUT2D eigenvalue weighted by molar-refractivity contribution is -0.0354. The Balaban J connectivity index is 0.00000300. The Morgan fingerprint density at radius 1 is 1.17 bits per heavy atom. The second-order valence-electron chi connectivity index (χ2n) is 7.99. The smallest absolute Gasteiger partial charge is 0.193 e. The van der Waals surface area contributed by atoms with Crippen LogP contribution in [0.4, 0.5) is 0 Å². The van der Waals surface area contributed by atoms with E-state index in [0.29, 0.717) is 0 Å². The lowest BCUT2D eigenvalue weighted by atomic mass is 9.80. The molecule has 1 aliphatic heterocycles. The van der Waals surface area contributed by atoms with Crippen LogP contribution in [0.15, 0.2) is 29.3 Å². The second kappa shape index (κ2) is 12.0. The van der Waals surface area contributed by atoms with E-state index in [-0.39, 0.29) is 29.5 Å². The maximum atomic E-state index is 5.60. The number of nitrogens with one attached hydrogen (secondary N) is 1. The molecule has 1 aromatic rings. The molecule has 0 unspecified atom stereocenters. The number of hydrogen-bond donors (Lipinski definition) is 1. The van der Waals surface area contributed by atoms with Gasteiger partial charge < -0.3 is 19.7 Å². The molecule has 1 aromatic carbocycles. The zero-order valence-electron chi connectivity index (χ0n) is 18.2. The molecule has 1 aliphatic carbocycles. The van der Waals surface area contributed by atoms with Crippen LogP contribution in [0.1, 0.15) is 37.7 Å². The van der Waals surface area contributed by atoms with E-state index in [4.69, 9.17) is 9.47 Å². The number of methoxy groups -OCH3 is 1. The lowest BCUT2D eigenvalue weighted by Gasteiger charge is -2.48. The van der Waals surface area contributed by atoms with E-state index in [2.05, 4.69) is 39.3 Å². The number of aliphatic imine (C=N–C) groups is 1. The monoisotopic (exact) mass is 516 g/mol. The van der Waals surface area contributed by atoms with Crippen molar-refractivity contribution in [1.29, 1.82) is 0 Å². The number of ether oxygens (including phenoxy) is 2. The molecule has 6 nitrogen and oxygen atoms in total. The molecule has 1 heterocycles. The standard InChI is InChI=1S/C22H36N4O2.HI/c1-23-21(25(2)17-19-7-9-20(27-3)10-8-19)24-18-22(11-5-4-6-12-22)26-13-15-28-16-14-26;/h7-10H,4-6,11-18H2,1-3H3,(H,23,24);1H. The summed E-state index contributed by atoms with van der Waals surface area (Å²) in [6.45, 7) is 5.56. The van der Waals surface area contributed by atoms with Gasteiger partial charge in [0, 0.05) is 45.8 Å². The van der Waals surface area contributed by atoms with E-state index in [0.717, 1.165) is 51.1 Å². The summed E-state index contributed by atoms with van der Waals surface area (Å²) in [6.07, 6.45) is 6.52. The van der Waals surface area contributed by atoms with Crippen molar-refractivity contribution in [3.05, 3.63) is 29.8 Å². The summed E-state index contributed by atoms with van der Waals surface area (Å²) >= 11 is 0. The van der Waals surface area contributed by atoms with Crippen molar-refractivity contribution in [2.24, 2.45) is 4.99 Å². The summed E-state index contributed by atoms with van der Waals surface area (Å²) in [4.78, 5) is 9.40. The van der Waals surface area contributed by atoms with Crippen LogP contribution in [-0.4, -0.2) is 75.4 Å². The van der Waals surface area contributed by atoms with Gasteiger partial charge in [0.25, 0.3) is 0 Å². The van der Waals surface area contributed by atoms with E-state index in [1.54, 1.807) is 7.11 Å². The first-order valence-corrected chi connectivity index (χ1v) is 10.5. The van der Waals surface area contributed by atoms with Gasteiger partial charge in [-0.3, -0.25) is 9.89 Å². The average Bonchev–Trinajstić information content (AvgIpc) is 2.76. The summed E-state index contributed by atoms with van der Waals surface area (Å²) in [5, 5.41) is 3.69. The fourth-order valence-corrected chi connectivity index (χ4v) is 4.56. The van der Waals surface area contributed by atoms with Crippen LogP contribution in [0, 0.1) is 0 Å². The Labute approximate surface area is 193 Å². The van der Waals surface area contributed by atoms with Crippen molar-refractivity contribution in [2.75, 3.05) is 54.1 Å². The molecule has 7 heteroatoms. The molecule has 1 N–H and O–H groups in total. The van der Waals surface area contributed by atoms with Crippen molar-refractivity contribution in [1.82, 2.24) is 15.1 Å². The normalized spacial score (nSPS) is 19.9. The molecular formula is C22H37IN4O2. The van der Waals surface area contributed by atoms with Crippen LogP contribution in [-0.2, 0) is 11.3 Å². The van der Waals surface area contributed by atoms with Gasteiger partial charge >= 0.3 is 0 Å². The fourth-order valence-electron chi connectivity index (χ4n) is 4.56. The van der Waals surface area contributed by atoms with Crippen LogP contribution < -0.4 is 10.1 Å². The maximum Gasteiger partial charge on any atom is 0.193 e. The van der Waals surface area contributed by atoms with Gasteiger partial charge in [0.1, 0.15) is 5.75 Å². The highest BCUT2D eigenvalue weighted by Crippen LogP contribution is 2.34. The third-order valence-electron chi connectivity index (χ3n) is 6.19. The largest absolute Gasteiger partial charge is 0.497 e. The van der Waals surface area contributed by atoms with Crippen LogP contribution >= 0.6 is 24.0 Å². The van der Waals surface area contributed by atoms with Crippen molar-refractivity contribution < 1.29 is 9.47 Å². The quantitative estimate of drug-likeness (QED) is 0.357. The van der Waals surface area contributed by atoms with Crippen LogP contribution in [0.3, 0.4) is 0 Å². The minimum absolute atomic E-state index is 0. The van der Waals surface area contributed by atoms with Gasteiger partial charge in [-0.15, -0.1) is 24.0 Å². The first-order chi connectivity index (χ1) is 13.7. The summed E-state index contributed by atoms with van der Waals surface area (Å²) in [7, 11) is 5.67. The first kappa shape index (κ1) is 24.2. The Bertz CT molecular complexity index is 626. The van der Waals surface area contributed by atoms with E-state index in [1.807, 2.05) is 19.2 Å². The molecule has 0 atom stereocenters. The number of benzene rings is 1. The van der Waals surface area contributed by atoms with Crippen molar-refractivity contribution >= 4 is 29.9 Å². The molecule has 29 heavy (non-hydrogen) atoms. The molecule has 164 valence electrons. The van der Waals surface area contributed by atoms with Gasteiger partial charge in [0.2, 0.25) is 0 Å². The maximum absolute atomic E-state index is 5.60. The third kappa shape index (κ3) is 6.46. The highest BCUT2D eigenvalue weighted by molar-refractivity contribution is 14.0. The van der Waals surface area contributed by atoms with E-state index in [9.17, 15) is 0 Å². The molecular weight excluding hydrogens is 479 g/mol. The third-order valence-corrected chi connectivity index (χ3v) is 6.19. The van der Waals surface area contributed by atoms with Crippen LogP contribution in [0.2, 0.25) is 0 Å². The first-order valence-electron chi connectivity index (χ1n) is 10.5. The van der Waals surface area contributed by atoms with E-state index < -0.39 is 0 Å². The van der Waals surface area contributed by atoms with Crippen molar-refractivity contribution in [2.45, 2.75) is 44.2 Å². The Hall–Kier alpha value is -1.06. The molecule has 0 aromatic heterocycles. The van der Waals surface area contributed by atoms with E-state index >= 15 is 0 Å². The molecule has 1 saturated heterocycles. The number of nitrogens with zero attached hydrogens (tertiary/aromatic N) is 3. The molecule has 0 bridgehead atoms. The molecule has 0 amide bonds. The second-order valence-corrected chi connectivity index (χ2v) is 7.99. The number of hydrogen-bond acceptors (Lipinski definition) is 4. The van der Waals surface area contributed by atoms with Crippen LogP contribution in [0.25, 0.3) is 0 Å². The predicted molar refractivity (Wildman–Crippen MR) is 129 cm³/mol. The fraction of sp³-hybridized carbons (Fsp3) is 0.682. The molecule has 3 rings (SSSR count). The zero-order chi connectivity index (χ0) is 19.8. The number of morpholine rings is 1. The highest BCUT2D eigenvalue weighted by atomic mass is 127. The molecule has 0 radical (unpaired) electrons. The van der Waals surface area contributed by atoms with Gasteiger partial charge in [0.15, 0.2) is 5.96 Å². The Kier molecular flexibility index (Phi) is 9.98. The predicted octanol–water partition coefficient (Wildman–Crippen LogP) is 3.36. The van der Waals surface area contributed by atoms with Crippen LogP contribution in [0.5, 0.6) is 5.75 Å². The highest BCUT2D eigenvalue weighted by Gasteiger charge is 2.38. The minimum Gasteiger partial charge on any atom is -0.497 e. The Morgan fingerprint density at radius 2 is 1.83 bits per heavy atom.